The number of rotatable bonds is 6. The van der Waals surface area contributed by atoms with Gasteiger partial charge in [-0.2, -0.15) is 0 Å². The monoisotopic (exact) mass is 441 g/mol. The Bertz CT molecular complexity index is 1150. The first-order valence-electron chi connectivity index (χ1n) is 9.44. The van der Waals surface area contributed by atoms with Crippen molar-refractivity contribution in [1.29, 1.82) is 0 Å². The fourth-order valence-electron chi connectivity index (χ4n) is 3.29. The second kappa shape index (κ2) is 8.45. The number of aryl methyl sites for hydroxylation is 1. The third-order valence-corrected chi connectivity index (χ3v) is 6.35. The van der Waals surface area contributed by atoms with Crippen LogP contribution in [0.15, 0.2) is 42.7 Å². The number of hydrogen-bond acceptors (Lipinski definition) is 5. The molecule has 4 rings (SSSR count). The molecule has 1 unspecified atom stereocenters. The smallest absolute Gasteiger partial charge is 0.244 e. The zero-order valence-corrected chi connectivity index (χ0v) is 18.1. The number of nitrogens with one attached hydrogen (secondary N) is 1. The molecule has 0 saturated heterocycles. The molecule has 8 heteroatoms. The van der Waals surface area contributed by atoms with E-state index in [0.717, 1.165) is 20.9 Å². The fourth-order valence-corrected chi connectivity index (χ4v) is 4.46. The van der Waals surface area contributed by atoms with Crippen LogP contribution in [-0.4, -0.2) is 33.9 Å². The van der Waals surface area contributed by atoms with Crippen molar-refractivity contribution >= 4 is 40.7 Å². The van der Waals surface area contributed by atoms with Gasteiger partial charge in [-0.1, -0.05) is 11.6 Å². The van der Waals surface area contributed by atoms with Crippen LogP contribution in [0.5, 0.6) is 5.75 Å². The van der Waals surface area contributed by atoms with Crippen LogP contribution in [0.3, 0.4) is 0 Å². The number of ketones is 1. The molecule has 0 bridgehead atoms. The van der Waals surface area contributed by atoms with Gasteiger partial charge < -0.3 is 14.6 Å². The van der Waals surface area contributed by atoms with Gasteiger partial charge in [-0.25, -0.2) is 4.98 Å². The van der Waals surface area contributed by atoms with Crippen LogP contribution in [0.25, 0.3) is 16.5 Å². The molecule has 3 aromatic rings. The first-order valence-corrected chi connectivity index (χ1v) is 10.6. The molecule has 0 aliphatic carbocycles. The molecule has 1 atom stereocenters. The lowest BCUT2D eigenvalue weighted by molar-refractivity contribution is -0.116. The Morgan fingerprint density at radius 2 is 2.23 bits per heavy atom. The summed E-state index contributed by atoms with van der Waals surface area (Å²) in [5, 5.41) is 3.39. The van der Waals surface area contributed by atoms with E-state index in [1.54, 1.807) is 19.2 Å². The second-order valence-electron chi connectivity index (χ2n) is 7.09. The summed E-state index contributed by atoms with van der Waals surface area (Å²) in [7, 11) is 1.86. The Morgan fingerprint density at radius 1 is 1.40 bits per heavy atom. The maximum atomic E-state index is 12.1. The average Bonchev–Trinajstić information content (AvgIpc) is 3.44. The molecule has 3 heterocycles. The number of carbonyl (C=O) groups excluding carboxylic acids is 2. The van der Waals surface area contributed by atoms with E-state index in [2.05, 4.69) is 10.3 Å². The molecule has 6 nitrogen and oxygen atoms in total. The molecule has 0 fully saturated rings. The highest BCUT2D eigenvalue weighted by atomic mass is 35.5. The number of thiophene rings is 1. The Morgan fingerprint density at radius 3 is 2.93 bits per heavy atom. The van der Waals surface area contributed by atoms with E-state index >= 15 is 0 Å². The standard InChI is InChI=1S/C22H20ClN3O3S/c1-13(27)18-3-4-19(30-18)14-9-15-10-16(29-22(15)17(23)11-14)12-25-21(28)6-5-20-24-7-8-26(20)2/h3-9,11,16H,10,12H2,1-2H3,(H,25,28)/b6-5+. The highest BCUT2D eigenvalue weighted by Gasteiger charge is 2.26. The van der Waals surface area contributed by atoms with Crippen LogP contribution in [0.2, 0.25) is 5.02 Å². The highest BCUT2D eigenvalue weighted by Crippen LogP contribution is 2.41. The minimum atomic E-state index is -0.209. The quantitative estimate of drug-likeness (QED) is 0.461. The lowest BCUT2D eigenvalue weighted by Crippen LogP contribution is -2.33. The van der Waals surface area contributed by atoms with Gasteiger partial charge >= 0.3 is 0 Å². The number of hydrogen-bond donors (Lipinski definition) is 1. The van der Waals surface area contributed by atoms with E-state index in [-0.39, 0.29) is 17.8 Å². The summed E-state index contributed by atoms with van der Waals surface area (Å²) in [5.74, 6) is 1.20. The summed E-state index contributed by atoms with van der Waals surface area (Å²) in [5.41, 5.74) is 1.96. The molecule has 2 aromatic heterocycles. The van der Waals surface area contributed by atoms with Gasteiger partial charge in [0.15, 0.2) is 5.78 Å². The fraction of sp³-hybridized carbons (Fsp3) is 0.227. The molecule has 0 saturated carbocycles. The first-order chi connectivity index (χ1) is 14.4. The summed E-state index contributed by atoms with van der Waals surface area (Å²) < 4.78 is 7.78. The summed E-state index contributed by atoms with van der Waals surface area (Å²) in [6, 6.07) is 7.66. The normalized spacial score (nSPS) is 15.2. The van der Waals surface area contributed by atoms with Gasteiger partial charge in [0, 0.05) is 42.4 Å². The van der Waals surface area contributed by atoms with Gasteiger partial charge in [0.2, 0.25) is 5.91 Å². The Kier molecular flexibility index (Phi) is 5.74. The number of aromatic nitrogens is 2. The van der Waals surface area contributed by atoms with Crippen LogP contribution >= 0.6 is 22.9 Å². The number of amides is 1. The van der Waals surface area contributed by atoms with Gasteiger partial charge in [-0.15, -0.1) is 11.3 Å². The molecule has 1 aliphatic rings. The zero-order chi connectivity index (χ0) is 21.3. The van der Waals surface area contributed by atoms with Gasteiger partial charge in [-0.3, -0.25) is 9.59 Å². The van der Waals surface area contributed by atoms with E-state index in [1.165, 1.54) is 17.4 Å². The third-order valence-electron chi connectivity index (χ3n) is 4.84. The molecule has 1 aliphatic heterocycles. The number of ether oxygens (including phenoxy) is 1. The van der Waals surface area contributed by atoms with Crippen molar-refractivity contribution in [3.8, 4) is 16.2 Å². The van der Waals surface area contributed by atoms with Crippen molar-refractivity contribution in [3.63, 3.8) is 0 Å². The summed E-state index contributed by atoms with van der Waals surface area (Å²) in [6.07, 6.45) is 7.08. The largest absolute Gasteiger partial charge is 0.486 e. The van der Waals surface area contributed by atoms with E-state index in [4.69, 9.17) is 16.3 Å². The molecular formula is C22H20ClN3O3S. The van der Waals surface area contributed by atoms with Crippen LogP contribution in [0.4, 0.5) is 0 Å². The van der Waals surface area contributed by atoms with Crippen molar-refractivity contribution < 1.29 is 14.3 Å². The molecule has 0 radical (unpaired) electrons. The average molecular weight is 442 g/mol. The maximum absolute atomic E-state index is 12.1. The van der Waals surface area contributed by atoms with Crippen LogP contribution < -0.4 is 10.1 Å². The number of benzene rings is 1. The van der Waals surface area contributed by atoms with Gasteiger partial charge in [0.1, 0.15) is 17.7 Å². The van der Waals surface area contributed by atoms with E-state index in [1.807, 2.05) is 42.1 Å². The predicted octanol–water partition coefficient (Wildman–Crippen LogP) is 4.14. The van der Waals surface area contributed by atoms with Crippen molar-refractivity contribution in [2.75, 3.05) is 6.54 Å². The second-order valence-corrected chi connectivity index (χ2v) is 8.58. The molecule has 1 N–H and O–H groups in total. The Hall–Kier alpha value is -2.90. The van der Waals surface area contributed by atoms with Crippen molar-refractivity contribution in [2.45, 2.75) is 19.4 Å². The minimum absolute atomic E-state index is 0.0506. The van der Waals surface area contributed by atoms with Gasteiger partial charge in [0.25, 0.3) is 0 Å². The number of carbonyl (C=O) groups is 2. The number of halogens is 1. The lowest BCUT2D eigenvalue weighted by Gasteiger charge is -2.11. The predicted molar refractivity (Wildman–Crippen MR) is 118 cm³/mol. The number of imidazole rings is 1. The SMILES string of the molecule is CC(=O)c1ccc(-c2cc(Cl)c3c(c2)CC(CNC(=O)/C=C/c2nccn2C)O3)s1. The van der Waals surface area contributed by atoms with Crippen LogP contribution in [-0.2, 0) is 18.3 Å². The minimum Gasteiger partial charge on any atom is -0.486 e. The lowest BCUT2D eigenvalue weighted by atomic mass is 10.1. The first kappa shape index (κ1) is 20.4. The third kappa shape index (κ3) is 4.32. The molecule has 1 amide bonds. The van der Waals surface area contributed by atoms with E-state index in [9.17, 15) is 9.59 Å². The summed E-state index contributed by atoms with van der Waals surface area (Å²) in [6.45, 7) is 1.93. The summed E-state index contributed by atoms with van der Waals surface area (Å²) in [4.78, 5) is 29.5. The van der Waals surface area contributed by atoms with Crippen LogP contribution in [0, 0.1) is 0 Å². The molecule has 1 aromatic carbocycles. The Labute approximate surface area is 183 Å². The topological polar surface area (TPSA) is 73.2 Å². The van der Waals surface area contributed by atoms with E-state index in [0.29, 0.717) is 29.6 Å². The number of fused-ring (bicyclic) bond motifs is 1. The number of nitrogens with zero attached hydrogens (tertiary/aromatic N) is 2. The van der Waals surface area contributed by atoms with E-state index < -0.39 is 0 Å². The van der Waals surface area contributed by atoms with Gasteiger partial charge in [-0.05, 0) is 42.8 Å². The molecule has 30 heavy (non-hydrogen) atoms. The molecular weight excluding hydrogens is 422 g/mol. The van der Waals surface area contributed by atoms with Crippen molar-refractivity contribution in [3.05, 3.63) is 64.0 Å². The molecule has 0 spiro atoms. The maximum Gasteiger partial charge on any atom is 0.244 e. The summed E-state index contributed by atoms with van der Waals surface area (Å²) >= 11 is 7.90. The molecule has 154 valence electrons. The van der Waals surface area contributed by atoms with Crippen molar-refractivity contribution in [2.24, 2.45) is 7.05 Å². The highest BCUT2D eigenvalue weighted by molar-refractivity contribution is 7.17. The van der Waals surface area contributed by atoms with Crippen LogP contribution in [0.1, 0.15) is 28.0 Å². The van der Waals surface area contributed by atoms with Gasteiger partial charge in [0.05, 0.1) is 16.4 Å². The Balaban J connectivity index is 1.40. The zero-order valence-electron chi connectivity index (χ0n) is 16.5. The number of Topliss-reactive ketones (excluding diaryl/α,β-unsaturated/α-hetero) is 1. The van der Waals surface area contributed by atoms with Crippen molar-refractivity contribution in [1.82, 2.24) is 14.9 Å².